The fourth-order valence-electron chi connectivity index (χ4n) is 4.12. The zero-order chi connectivity index (χ0) is 18.6. The molecule has 26 heavy (non-hydrogen) atoms. The van der Waals surface area contributed by atoms with Crippen LogP contribution in [0.3, 0.4) is 0 Å². The van der Waals surface area contributed by atoms with Gasteiger partial charge in [-0.15, -0.1) is 0 Å². The molecule has 1 amide bonds. The van der Waals surface area contributed by atoms with Crippen molar-refractivity contribution in [3.63, 3.8) is 0 Å². The molecule has 3 rings (SSSR count). The van der Waals surface area contributed by atoms with E-state index in [1.807, 2.05) is 42.2 Å². The monoisotopic (exact) mass is 420 g/mol. The Hall–Kier alpha value is -1.56. The molecule has 1 aromatic rings. The smallest absolute Gasteiger partial charge is 0.253 e. The molecule has 7 heteroatoms. The normalized spacial score (nSPS) is 29.6. The maximum Gasteiger partial charge on any atom is 0.253 e. The van der Waals surface area contributed by atoms with Gasteiger partial charge in [-0.3, -0.25) is 4.79 Å². The number of halogens is 1. The number of amides is 1. The SMILES string of the molecule is C[C@]1(CBr)[C@H](OCc2ccccc2)C(=O)N(C2CCCCC2)[C@H]1N=[N+]=[N-]. The van der Waals surface area contributed by atoms with E-state index < -0.39 is 17.7 Å². The summed E-state index contributed by atoms with van der Waals surface area (Å²) < 4.78 is 6.10. The van der Waals surface area contributed by atoms with Crippen LogP contribution < -0.4 is 0 Å². The van der Waals surface area contributed by atoms with E-state index in [1.165, 1.54) is 6.42 Å². The molecule has 0 unspecified atom stereocenters. The number of alkyl halides is 1. The molecule has 140 valence electrons. The van der Waals surface area contributed by atoms with Crippen LogP contribution in [0.25, 0.3) is 10.4 Å². The standard InChI is InChI=1S/C19H25BrN4O2/c1-19(13-20)16(26-12-14-8-4-2-5-9-14)17(25)24(18(19)22-23-21)15-10-6-3-7-11-15/h2,4-5,8-9,15-16,18H,3,6-7,10-13H2,1H3/t16-,18-,19+/m1/s1. The first-order valence-electron chi connectivity index (χ1n) is 9.19. The zero-order valence-electron chi connectivity index (χ0n) is 15.1. The number of benzene rings is 1. The summed E-state index contributed by atoms with van der Waals surface area (Å²) in [5.41, 5.74) is 9.54. The Morgan fingerprint density at radius 3 is 2.62 bits per heavy atom. The average molecular weight is 421 g/mol. The van der Waals surface area contributed by atoms with E-state index in [9.17, 15) is 4.79 Å². The summed E-state index contributed by atoms with van der Waals surface area (Å²) in [6.45, 7) is 2.33. The van der Waals surface area contributed by atoms with Crippen LogP contribution in [0.2, 0.25) is 0 Å². The van der Waals surface area contributed by atoms with Gasteiger partial charge in [0.05, 0.1) is 6.61 Å². The molecule has 0 bridgehead atoms. The Bertz CT molecular complexity index is 673. The number of carbonyl (C=O) groups is 1. The molecular formula is C19H25BrN4O2. The highest BCUT2D eigenvalue weighted by Gasteiger charge is 2.58. The highest BCUT2D eigenvalue weighted by atomic mass is 79.9. The van der Waals surface area contributed by atoms with Gasteiger partial charge in [-0.2, -0.15) is 0 Å². The first-order chi connectivity index (χ1) is 12.6. The Kier molecular flexibility index (Phi) is 6.22. The van der Waals surface area contributed by atoms with Crippen LogP contribution in [0.1, 0.15) is 44.6 Å². The average Bonchev–Trinajstić information content (AvgIpc) is 2.89. The fraction of sp³-hybridized carbons (Fsp3) is 0.632. The van der Waals surface area contributed by atoms with Crippen molar-refractivity contribution in [1.29, 1.82) is 0 Å². The third kappa shape index (κ3) is 3.61. The van der Waals surface area contributed by atoms with Crippen molar-refractivity contribution in [2.75, 3.05) is 5.33 Å². The van der Waals surface area contributed by atoms with E-state index in [-0.39, 0.29) is 11.9 Å². The van der Waals surface area contributed by atoms with Crippen LogP contribution in [0.15, 0.2) is 35.4 Å². The molecule has 0 spiro atoms. The van der Waals surface area contributed by atoms with Crippen molar-refractivity contribution >= 4 is 21.8 Å². The Balaban J connectivity index is 1.86. The third-order valence-electron chi connectivity index (χ3n) is 5.61. The molecular weight excluding hydrogens is 396 g/mol. The minimum Gasteiger partial charge on any atom is -0.363 e. The summed E-state index contributed by atoms with van der Waals surface area (Å²) in [4.78, 5) is 18.1. The Morgan fingerprint density at radius 2 is 2.00 bits per heavy atom. The molecule has 3 atom stereocenters. The van der Waals surface area contributed by atoms with E-state index in [4.69, 9.17) is 10.3 Å². The van der Waals surface area contributed by atoms with Crippen molar-refractivity contribution in [2.24, 2.45) is 10.5 Å². The minimum atomic E-state index is -0.625. The number of nitrogens with zero attached hydrogens (tertiary/aromatic N) is 4. The number of carbonyl (C=O) groups excluding carboxylic acids is 1. The number of rotatable bonds is 6. The van der Waals surface area contributed by atoms with Crippen molar-refractivity contribution in [1.82, 2.24) is 4.90 Å². The van der Waals surface area contributed by atoms with Gasteiger partial charge in [0.15, 0.2) is 0 Å². The molecule has 1 heterocycles. The Labute approximate surface area is 162 Å². The van der Waals surface area contributed by atoms with Gasteiger partial charge in [-0.1, -0.05) is 77.6 Å². The lowest BCUT2D eigenvalue weighted by atomic mass is 9.86. The van der Waals surface area contributed by atoms with Gasteiger partial charge in [0.25, 0.3) is 5.91 Å². The topological polar surface area (TPSA) is 78.3 Å². The maximum atomic E-state index is 13.3. The number of azide groups is 1. The number of likely N-dealkylation sites (tertiary alicyclic amines) is 1. The van der Waals surface area contributed by atoms with Gasteiger partial charge >= 0.3 is 0 Å². The van der Waals surface area contributed by atoms with Gasteiger partial charge < -0.3 is 9.64 Å². The maximum absolute atomic E-state index is 13.3. The minimum absolute atomic E-state index is 0.0489. The van der Waals surface area contributed by atoms with Crippen molar-refractivity contribution in [3.8, 4) is 0 Å². The van der Waals surface area contributed by atoms with E-state index >= 15 is 0 Å². The molecule has 2 fully saturated rings. The molecule has 1 aromatic carbocycles. The number of ether oxygens (including phenoxy) is 1. The Morgan fingerprint density at radius 1 is 1.31 bits per heavy atom. The van der Waals surface area contributed by atoms with Gasteiger partial charge in [0.2, 0.25) is 0 Å². The van der Waals surface area contributed by atoms with Crippen LogP contribution in [-0.4, -0.2) is 34.4 Å². The van der Waals surface area contributed by atoms with E-state index in [2.05, 4.69) is 26.0 Å². The van der Waals surface area contributed by atoms with Gasteiger partial charge in [0.1, 0.15) is 12.3 Å². The van der Waals surface area contributed by atoms with E-state index in [0.717, 1.165) is 31.2 Å². The predicted molar refractivity (Wildman–Crippen MR) is 104 cm³/mol. The van der Waals surface area contributed by atoms with Crippen molar-refractivity contribution in [3.05, 3.63) is 46.3 Å². The molecule has 0 aromatic heterocycles. The van der Waals surface area contributed by atoms with E-state index in [1.54, 1.807) is 0 Å². The first kappa shape index (κ1) is 19.2. The van der Waals surface area contributed by atoms with E-state index in [0.29, 0.717) is 11.9 Å². The molecule has 2 aliphatic rings. The molecule has 1 saturated heterocycles. The molecule has 0 radical (unpaired) electrons. The van der Waals surface area contributed by atoms with Crippen molar-refractivity contribution in [2.45, 2.75) is 63.9 Å². The van der Waals surface area contributed by atoms with Crippen molar-refractivity contribution < 1.29 is 9.53 Å². The fourth-order valence-corrected chi connectivity index (χ4v) is 4.70. The van der Waals surface area contributed by atoms with Crippen LogP contribution in [0.4, 0.5) is 0 Å². The van der Waals surface area contributed by atoms with Gasteiger partial charge in [-0.25, -0.2) is 0 Å². The first-order valence-corrected chi connectivity index (χ1v) is 10.3. The third-order valence-corrected chi connectivity index (χ3v) is 6.82. The lowest BCUT2D eigenvalue weighted by Gasteiger charge is -2.37. The molecule has 0 N–H and O–H groups in total. The predicted octanol–water partition coefficient (Wildman–Crippen LogP) is 4.78. The van der Waals surface area contributed by atoms with Crippen LogP contribution in [-0.2, 0) is 16.1 Å². The highest BCUT2D eigenvalue weighted by molar-refractivity contribution is 9.09. The quantitative estimate of drug-likeness (QED) is 0.287. The molecule has 1 aliphatic heterocycles. The van der Waals surface area contributed by atoms with Crippen LogP contribution in [0, 0.1) is 5.41 Å². The van der Waals surface area contributed by atoms with Crippen LogP contribution >= 0.6 is 15.9 Å². The zero-order valence-corrected chi connectivity index (χ0v) is 16.6. The number of hydrogen-bond donors (Lipinski definition) is 0. The second-order valence-corrected chi connectivity index (χ2v) is 7.99. The number of hydrogen-bond acceptors (Lipinski definition) is 3. The summed E-state index contributed by atoms with van der Waals surface area (Å²) >= 11 is 3.55. The summed E-state index contributed by atoms with van der Waals surface area (Å²) in [5.74, 6) is -0.0489. The summed E-state index contributed by atoms with van der Waals surface area (Å²) in [7, 11) is 0. The summed E-state index contributed by atoms with van der Waals surface area (Å²) in [6, 6.07) is 9.96. The second kappa shape index (κ2) is 8.42. The summed E-state index contributed by atoms with van der Waals surface area (Å²) in [6.07, 6.45) is 4.20. The summed E-state index contributed by atoms with van der Waals surface area (Å²) in [5, 5.41) is 4.56. The molecule has 6 nitrogen and oxygen atoms in total. The van der Waals surface area contributed by atoms with Gasteiger partial charge in [0, 0.05) is 21.7 Å². The molecule has 1 aliphatic carbocycles. The lowest BCUT2D eigenvalue weighted by Crippen LogP contribution is -2.45. The van der Waals surface area contributed by atoms with Gasteiger partial charge in [-0.05, 0) is 23.9 Å². The van der Waals surface area contributed by atoms with Crippen LogP contribution in [0.5, 0.6) is 0 Å². The second-order valence-electron chi connectivity index (χ2n) is 7.43. The largest absolute Gasteiger partial charge is 0.363 e. The lowest BCUT2D eigenvalue weighted by molar-refractivity contribution is -0.142. The molecule has 1 saturated carbocycles. The highest BCUT2D eigenvalue weighted by Crippen LogP contribution is 2.45.